The topological polar surface area (TPSA) is 40.6 Å². The first-order valence-electron chi connectivity index (χ1n) is 17.1. The van der Waals surface area contributed by atoms with Gasteiger partial charge in [0.1, 0.15) is 11.6 Å². The Kier molecular flexibility index (Phi) is 6.62. The fourth-order valence-electron chi connectivity index (χ4n) is 8.12. The summed E-state index contributed by atoms with van der Waals surface area (Å²) < 4.78 is 6.86. The molecule has 6 heteroatoms. The Balaban J connectivity index is 0.00000316. The van der Waals surface area contributed by atoms with Crippen LogP contribution in [0, 0.1) is 12.1 Å². The Morgan fingerprint density at radius 2 is 0.920 bits per heavy atom. The van der Waals surface area contributed by atoms with Crippen LogP contribution in [0.25, 0.3) is 82.7 Å². The third-order valence-corrected chi connectivity index (χ3v) is 10.4. The van der Waals surface area contributed by atoms with E-state index in [1.807, 2.05) is 12.4 Å². The maximum Gasteiger partial charge on any atom is 2.00 e. The molecule has 0 saturated heterocycles. The molecule has 50 heavy (non-hydrogen) atoms. The average molecular weight is 823 g/mol. The second kappa shape index (κ2) is 11.3. The van der Waals surface area contributed by atoms with Gasteiger partial charge in [-0.25, -0.2) is 9.97 Å². The number of fused-ring (bicyclic) bond motifs is 8. The van der Waals surface area contributed by atoms with Crippen molar-refractivity contribution in [3.8, 4) is 17.3 Å². The summed E-state index contributed by atoms with van der Waals surface area (Å²) in [7, 11) is 0. The van der Waals surface area contributed by atoms with Gasteiger partial charge in [-0.15, -0.1) is 34.4 Å². The van der Waals surface area contributed by atoms with Crippen molar-refractivity contribution in [2.45, 2.75) is 25.7 Å². The van der Waals surface area contributed by atoms with Gasteiger partial charge in [-0.05, 0) is 83.3 Å². The van der Waals surface area contributed by atoms with Crippen LogP contribution in [0.2, 0.25) is 0 Å². The molecule has 3 aliphatic heterocycles. The maximum absolute atomic E-state index is 5.04. The minimum Gasteiger partial charge on any atom is -0.358 e. The van der Waals surface area contributed by atoms with Gasteiger partial charge < -0.3 is 13.7 Å². The maximum atomic E-state index is 5.04. The Morgan fingerprint density at radius 3 is 1.46 bits per heavy atom. The monoisotopic (exact) mass is 822 g/mol. The molecule has 0 amide bonds. The van der Waals surface area contributed by atoms with Gasteiger partial charge in [-0.1, -0.05) is 89.0 Å². The molecular formula is C44H29N5Pt. The first-order chi connectivity index (χ1) is 24.3. The molecule has 8 bridgehead atoms. The number of hydrogen-bond donors (Lipinski definition) is 0. The third-order valence-electron chi connectivity index (χ3n) is 10.4. The largest absolute Gasteiger partial charge is 2.00 e. The molecule has 240 valence electrons. The van der Waals surface area contributed by atoms with Gasteiger partial charge in [0.25, 0.3) is 0 Å². The predicted octanol–water partition coefficient (Wildman–Crippen LogP) is 10.2. The Labute approximate surface area is 302 Å². The molecule has 0 saturated carbocycles. The quantitative estimate of drug-likeness (QED) is 0.143. The summed E-state index contributed by atoms with van der Waals surface area (Å²) in [5.41, 5.74) is 9.90. The molecule has 0 atom stereocenters. The number of nitrogens with zero attached hydrogens (tertiary/aromatic N) is 5. The minimum absolute atomic E-state index is 0. The van der Waals surface area contributed by atoms with E-state index in [4.69, 9.17) is 9.97 Å². The van der Waals surface area contributed by atoms with Crippen molar-refractivity contribution in [2.24, 2.45) is 0 Å². The Morgan fingerprint density at radius 1 is 0.440 bits per heavy atom. The van der Waals surface area contributed by atoms with Crippen LogP contribution in [-0.2, 0) is 33.9 Å². The predicted molar refractivity (Wildman–Crippen MR) is 199 cm³/mol. The standard InChI is InChI=1S/C44H29N5.Pt/c1-2-10-29-18-22-44(46-27-29)49-39-16-8-5-13-33(39)36-24-35-32-12-4-6-14-37(32)47(41(35)25-42(36)49)30-19-20-34-31-11-3-7-15-38(31)48(40(34)23-30)43-21-17-28(9-1)26-45-43;/h3-8,11-22,24,26-27H,1-2,9-10H2;/q-2;+2. The molecule has 0 aliphatic carbocycles. The van der Waals surface area contributed by atoms with Crippen LogP contribution in [0.4, 0.5) is 0 Å². The summed E-state index contributed by atoms with van der Waals surface area (Å²) in [6, 6.07) is 49.3. The van der Waals surface area contributed by atoms with Gasteiger partial charge in [0.2, 0.25) is 0 Å². The fourth-order valence-corrected chi connectivity index (χ4v) is 8.12. The van der Waals surface area contributed by atoms with Gasteiger partial charge in [-0.2, -0.15) is 12.1 Å². The van der Waals surface area contributed by atoms with Crippen molar-refractivity contribution in [3.05, 3.63) is 151 Å². The van der Waals surface area contributed by atoms with Crippen LogP contribution in [0.15, 0.2) is 128 Å². The Hall–Kier alpha value is -5.51. The van der Waals surface area contributed by atoms with E-state index in [0.717, 1.165) is 81.5 Å². The van der Waals surface area contributed by atoms with Crippen LogP contribution in [0.3, 0.4) is 0 Å². The molecule has 5 aromatic carbocycles. The molecule has 10 aromatic rings. The molecule has 0 N–H and O–H groups in total. The summed E-state index contributed by atoms with van der Waals surface area (Å²) in [5.74, 6) is 1.81. The van der Waals surface area contributed by atoms with Crippen molar-refractivity contribution < 1.29 is 21.1 Å². The Bertz CT molecular complexity index is 2930. The van der Waals surface area contributed by atoms with E-state index in [0.29, 0.717) is 0 Å². The number of benzene rings is 5. The van der Waals surface area contributed by atoms with Crippen LogP contribution in [0.1, 0.15) is 24.0 Å². The van der Waals surface area contributed by atoms with Crippen LogP contribution in [0.5, 0.6) is 0 Å². The van der Waals surface area contributed by atoms with Crippen molar-refractivity contribution in [2.75, 3.05) is 0 Å². The summed E-state index contributed by atoms with van der Waals surface area (Å²) in [4.78, 5) is 10.1. The molecule has 13 rings (SSSR count). The van der Waals surface area contributed by atoms with Crippen molar-refractivity contribution in [1.29, 1.82) is 0 Å². The molecule has 5 nitrogen and oxygen atoms in total. The van der Waals surface area contributed by atoms with Crippen molar-refractivity contribution >= 4 is 65.4 Å². The minimum atomic E-state index is 0. The first-order valence-corrected chi connectivity index (χ1v) is 17.1. The van der Waals surface area contributed by atoms with Crippen molar-refractivity contribution in [3.63, 3.8) is 0 Å². The van der Waals surface area contributed by atoms with E-state index in [2.05, 4.69) is 141 Å². The molecule has 0 fully saturated rings. The van der Waals surface area contributed by atoms with E-state index in [9.17, 15) is 0 Å². The van der Waals surface area contributed by atoms with E-state index >= 15 is 0 Å². The number of aryl methyl sites for hydroxylation is 2. The molecule has 5 aromatic heterocycles. The molecule has 0 spiro atoms. The summed E-state index contributed by atoms with van der Waals surface area (Å²) in [6.45, 7) is 0. The smallest absolute Gasteiger partial charge is 0.358 e. The van der Waals surface area contributed by atoms with E-state index < -0.39 is 0 Å². The van der Waals surface area contributed by atoms with E-state index in [-0.39, 0.29) is 21.1 Å². The molecule has 8 heterocycles. The van der Waals surface area contributed by atoms with Gasteiger partial charge in [0, 0.05) is 28.9 Å². The van der Waals surface area contributed by atoms with Gasteiger partial charge in [0.05, 0.1) is 0 Å². The van der Waals surface area contributed by atoms with Crippen LogP contribution < -0.4 is 0 Å². The SMILES string of the molecule is [Pt+2].[c-]1c2ccc3c4ccccc4n(c13)-c1ccc(cn1)CCCCc1ccc(nc1)-n1c3[c-]c4c(cc3c3ccccc31)c1ccccc1n4-2. The molecule has 0 unspecified atom stereocenters. The number of hydrogen-bond acceptors (Lipinski definition) is 2. The zero-order chi connectivity index (χ0) is 32.1. The number of aromatic nitrogens is 5. The third kappa shape index (κ3) is 4.23. The van der Waals surface area contributed by atoms with Gasteiger partial charge in [-0.3, -0.25) is 0 Å². The molecule has 3 aliphatic rings. The van der Waals surface area contributed by atoms with E-state index in [1.54, 1.807) is 0 Å². The van der Waals surface area contributed by atoms with Crippen LogP contribution >= 0.6 is 0 Å². The summed E-state index contributed by atoms with van der Waals surface area (Å²) >= 11 is 0. The first kappa shape index (κ1) is 29.4. The number of pyridine rings is 2. The summed E-state index contributed by atoms with van der Waals surface area (Å²) in [6.07, 6.45) is 8.28. The average Bonchev–Trinajstić information content (AvgIpc) is 3.78. The van der Waals surface area contributed by atoms with Crippen LogP contribution in [-0.4, -0.2) is 23.7 Å². The van der Waals surface area contributed by atoms with Gasteiger partial charge >= 0.3 is 21.1 Å². The zero-order valence-corrected chi connectivity index (χ0v) is 29.3. The van der Waals surface area contributed by atoms with Crippen molar-refractivity contribution in [1.82, 2.24) is 23.7 Å². The molecule has 0 radical (unpaired) electrons. The zero-order valence-electron chi connectivity index (χ0n) is 27.0. The molecular weight excluding hydrogens is 794 g/mol. The second-order valence-corrected chi connectivity index (χ2v) is 13.2. The van der Waals surface area contributed by atoms with Gasteiger partial charge in [0.15, 0.2) is 0 Å². The van der Waals surface area contributed by atoms with E-state index in [1.165, 1.54) is 38.1 Å². The summed E-state index contributed by atoms with van der Waals surface area (Å²) in [5, 5.41) is 7.08. The fraction of sp³-hybridized carbons (Fsp3) is 0.0909. The second-order valence-electron chi connectivity index (χ2n) is 13.2. The normalized spacial score (nSPS) is 13.1. The number of rotatable bonds is 0. The number of para-hydroxylation sites is 3.